The first-order valence-corrected chi connectivity index (χ1v) is 5.77. The van der Waals surface area contributed by atoms with Crippen molar-refractivity contribution in [2.45, 2.75) is 6.92 Å². The van der Waals surface area contributed by atoms with Crippen LogP contribution in [-0.4, -0.2) is 19.8 Å². The van der Waals surface area contributed by atoms with Crippen LogP contribution in [0.5, 0.6) is 0 Å². The Kier molecular flexibility index (Phi) is 2.41. The number of fused-ring (bicyclic) bond motifs is 1. The van der Waals surface area contributed by atoms with Crippen LogP contribution in [-0.2, 0) is 0 Å². The van der Waals surface area contributed by atoms with Gasteiger partial charge in [0, 0.05) is 5.56 Å². The van der Waals surface area contributed by atoms with Crippen molar-refractivity contribution in [1.29, 1.82) is 0 Å². The smallest absolute Gasteiger partial charge is 0.185 e. The summed E-state index contributed by atoms with van der Waals surface area (Å²) in [4.78, 5) is 0. The molecule has 3 aromatic rings. The van der Waals surface area contributed by atoms with Gasteiger partial charge in [-0.3, -0.25) is 0 Å². The van der Waals surface area contributed by atoms with E-state index in [1.807, 2.05) is 25.1 Å². The first-order valence-electron chi connectivity index (χ1n) is 5.39. The van der Waals surface area contributed by atoms with E-state index in [-0.39, 0.29) is 0 Å². The zero-order valence-electron chi connectivity index (χ0n) is 9.63. The number of anilines is 1. The zero-order chi connectivity index (χ0) is 12.7. The molecule has 2 N–H and O–H groups in total. The first kappa shape index (κ1) is 11.0. The molecule has 0 aliphatic carbocycles. The molecule has 0 fully saturated rings. The topological polar surface area (TPSA) is 69.1 Å². The predicted octanol–water partition coefficient (Wildman–Crippen LogP) is 2.34. The van der Waals surface area contributed by atoms with E-state index in [0.29, 0.717) is 22.2 Å². The molecule has 0 spiro atoms. The van der Waals surface area contributed by atoms with E-state index in [9.17, 15) is 0 Å². The highest BCUT2D eigenvalue weighted by atomic mass is 35.5. The lowest BCUT2D eigenvalue weighted by Gasteiger charge is -2.02. The number of hydrogen-bond donors (Lipinski definition) is 1. The minimum Gasteiger partial charge on any atom is -0.398 e. The van der Waals surface area contributed by atoms with Crippen molar-refractivity contribution in [3.63, 3.8) is 0 Å². The van der Waals surface area contributed by atoms with E-state index in [4.69, 9.17) is 17.3 Å². The molecular formula is C12H10ClN5. The van der Waals surface area contributed by atoms with Crippen LogP contribution in [0.2, 0.25) is 5.02 Å². The Hall–Kier alpha value is -2.14. The standard InChI is InChI=1S/C12H10ClN5/c1-7-2-5-11-15-16-12(18(11)17-7)8-3-4-10(14)9(13)6-8/h2-6H,14H2,1H3. The average Bonchev–Trinajstić information content (AvgIpc) is 2.75. The molecule has 2 heterocycles. The number of hydrogen-bond acceptors (Lipinski definition) is 4. The average molecular weight is 260 g/mol. The van der Waals surface area contributed by atoms with Crippen molar-refractivity contribution in [2.75, 3.05) is 5.73 Å². The van der Waals surface area contributed by atoms with Crippen LogP contribution < -0.4 is 5.73 Å². The van der Waals surface area contributed by atoms with Crippen LogP contribution in [0, 0.1) is 6.92 Å². The molecule has 5 nitrogen and oxygen atoms in total. The molecule has 0 saturated carbocycles. The second-order valence-corrected chi connectivity index (χ2v) is 4.41. The van der Waals surface area contributed by atoms with Crippen LogP contribution in [0.25, 0.3) is 17.0 Å². The molecule has 0 aliphatic rings. The van der Waals surface area contributed by atoms with E-state index in [1.165, 1.54) is 0 Å². The molecule has 0 unspecified atom stereocenters. The van der Waals surface area contributed by atoms with Crippen molar-refractivity contribution in [2.24, 2.45) is 0 Å². The van der Waals surface area contributed by atoms with Crippen molar-refractivity contribution in [1.82, 2.24) is 19.8 Å². The van der Waals surface area contributed by atoms with Crippen molar-refractivity contribution in [3.05, 3.63) is 41.0 Å². The van der Waals surface area contributed by atoms with Gasteiger partial charge >= 0.3 is 0 Å². The van der Waals surface area contributed by atoms with Crippen LogP contribution >= 0.6 is 11.6 Å². The fourth-order valence-corrected chi connectivity index (χ4v) is 1.91. The fraction of sp³-hybridized carbons (Fsp3) is 0.0833. The number of nitrogen functional groups attached to an aromatic ring is 1. The third-order valence-electron chi connectivity index (χ3n) is 2.65. The molecule has 6 heteroatoms. The van der Waals surface area contributed by atoms with Gasteiger partial charge in [-0.05, 0) is 37.3 Å². The monoisotopic (exact) mass is 259 g/mol. The molecule has 3 rings (SSSR count). The third-order valence-corrected chi connectivity index (χ3v) is 2.98. The highest BCUT2D eigenvalue weighted by Gasteiger charge is 2.10. The van der Waals surface area contributed by atoms with Crippen molar-refractivity contribution < 1.29 is 0 Å². The Morgan fingerprint density at radius 3 is 2.78 bits per heavy atom. The summed E-state index contributed by atoms with van der Waals surface area (Å²) < 4.78 is 1.69. The molecule has 2 aromatic heterocycles. The van der Waals surface area contributed by atoms with Gasteiger partial charge in [0.1, 0.15) is 0 Å². The largest absolute Gasteiger partial charge is 0.398 e. The lowest BCUT2D eigenvalue weighted by molar-refractivity contribution is 0.902. The molecule has 0 atom stereocenters. The van der Waals surface area contributed by atoms with Crippen LogP contribution in [0.15, 0.2) is 30.3 Å². The second-order valence-electron chi connectivity index (χ2n) is 4.00. The maximum Gasteiger partial charge on any atom is 0.185 e. The number of benzene rings is 1. The molecule has 0 amide bonds. The summed E-state index contributed by atoms with van der Waals surface area (Å²) in [6, 6.07) is 9.12. The van der Waals surface area contributed by atoms with E-state index in [0.717, 1.165) is 11.3 Å². The maximum absolute atomic E-state index is 6.01. The Morgan fingerprint density at radius 1 is 1.17 bits per heavy atom. The van der Waals surface area contributed by atoms with Crippen LogP contribution in [0.4, 0.5) is 5.69 Å². The Labute approximate surface area is 108 Å². The zero-order valence-corrected chi connectivity index (χ0v) is 10.4. The minimum atomic E-state index is 0.497. The van der Waals surface area contributed by atoms with Crippen molar-refractivity contribution >= 4 is 22.9 Å². The molecule has 0 radical (unpaired) electrons. The second kappa shape index (κ2) is 3.96. The molecule has 0 aliphatic heterocycles. The number of nitrogens with zero attached hydrogens (tertiary/aromatic N) is 4. The summed E-state index contributed by atoms with van der Waals surface area (Å²) in [7, 11) is 0. The van der Waals surface area contributed by atoms with Gasteiger partial charge in [0.05, 0.1) is 16.4 Å². The maximum atomic E-state index is 6.01. The molecule has 1 aromatic carbocycles. The van der Waals surface area contributed by atoms with Crippen LogP contribution in [0.3, 0.4) is 0 Å². The van der Waals surface area contributed by atoms with Gasteiger partial charge in [0.15, 0.2) is 11.5 Å². The summed E-state index contributed by atoms with van der Waals surface area (Å²) in [6.07, 6.45) is 0. The number of rotatable bonds is 1. The third kappa shape index (κ3) is 1.69. The summed E-state index contributed by atoms with van der Waals surface area (Å²) >= 11 is 6.01. The summed E-state index contributed by atoms with van der Waals surface area (Å²) in [5, 5.41) is 13.1. The van der Waals surface area contributed by atoms with Crippen molar-refractivity contribution in [3.8, 4) is 11.4 Å². The van der Waals surface area contributed by atoms with Gasteiger partial charge in [-0.25, -0.2) is 0 Å². The predicted molar refractivity (Wildman–Crippen MR) is 70.4 cm³/mol. The Bertz CT molecular complexity index is 734. The highest BCUT2D eigenvalue weighted by molar-refractivity contribution is 6.33. The van der Waals surface area contributed by atoms with E-state index >= 15 is 0 Å². The number of halogens is 1. The van der Waals surface area contributed by atoms with E-state index in [2.05, 4.69) is 15.3 Å². The fourth-order valence-electron chi connectivity index (χ4n) is 1.73. The molecular weight excluding hydrogens is 250 g/mol. The first-order chi connectivity index (χ1) is 8.65. The van der Waals surface area contributed by atoms with Gasteiger partial charge in [-0.1, -0.05) is 11.6 Å². The molecule has 0 saturated heterocycles. The van der Waals surface area contributed by atoms with Gasteiger partial charge in [-0.15, -0.1) is 10.2 Å². The quantitative estimate of drug-likeness (QED) is 0.681. The molecule has 90 valence electrons. The van der Waals surface area contributed by atoms with E-state index < -0.39 is 0 Å². The number of aryl methyl sites for hydroxylation is 1. The van der Waals surface area contributed by atoms with Gasteiger partial charge < -0.3 is 5.73 Å². The van der Waals surface area contributed by atoms with Gasteiger partial charge in [0.25, 0.3) is 0 Å². The van der Waals surface area contributed by atoms with Crippen LogP contribution in [0.1, 0.15) is 5.69 Å². The van der Waals surface area contributed by atoms with Gasteiger partial charge in [-0.2, -0.15) is 9.61 Å². The minimum absolute atomic E-state index is 0.497. The van der Waals surface area contributed by atoms with E-state index in [1.54, 1.807) is 16.6 Å². The number of nitrogens with two attached hydrogens (primary N) is 1. The normalized spacial score (nSPS) is 11.0. The summed E-state index contributed by atoms with van der Waals surface area (Å²) in [6.45, 7) is 1.92. The molecule has 0 bridgehead atoms. The SMILES string of the molecule is Cc1ccc2nnc(-c3ccc(N)c(Cl)c3)n2n1. The molecule has 18 heavy (non-hydrogen) atoms. The summed E-state index contributed by atoms with van der Waals surface area (Å²) in [5.74, 6) is 0.649. The Balaban J connectivity index is 2.24. The highest BCUT2D eigenvalue weighted by Crippen LogP contribution is 2.25. The summed E-state index contributed by atoms with van der Waals surface area (Å²) in [5.41, 5.74) is 8.65. The lowest BCUT2D eigenvalue weighted by Crippen LogP contribution is -1.97. The Morgan fingerprint density at radius 2 is 2.00 bits per heavy atom. The lowest BCUT2D eigenvalue weighted by atomic mass is 10.2. The number of aromatic nitrogens is 4. The van der Waals surface area contributed by atoms with Gasteiger partial charge in [0.2, 0.25) is 0 Å².